The minimum absolute atomic E-state index is 0.0638. The molecule has 1 saturated carbocycles. The highest BCUT2D eigenvalue weighted by Crippen LogP contribution is 2.43. The standard InChI is InChI=1S/C12H23N3O2/c1-4-15(8-10(13)14-17)11(16)9-6-5-7-12(9,2)3/h9,17H,4-8H2,1-3H3,(H2,13,14). The van der Waals surface area contributed by atoms with E-state index in [4.69, 9.17) is 10.9 Å². The fraction of sp³-hybridized carbons (Fsp3) is 0.833. The molecule has 0 aromatic carbocycles. The Kier molecular flexibility index (Phi) is 4.37. The summed E-state index contributed by atoms with van der Waals surface area (Å²) in [4.78, 5) is 14.0. The molecule has 1 rings (SSSR count). The first kappa shape index (κ1) is 13.8. The average Bonchev–Trinajstić information content (AvgIpc) is 2.64. The van der Waals surface area contributed by atoms with E-state index >= 15 is 0 Å². The minimum Gasteiger partial charge on any atom is -0.409 e. The fourth-order valence-corrected chi connectivity index (χ4v) is 2.58. The van der Waals surface area contributed by atoms with E-state index in [1.807, 2.05) is 6.92 Å². The lowest BCUT2D eigenvalue weighted by atomic mass is 9.81. The van der Waals surface area contributed by atoms with Gasteiger partial charge in [0.25, 0.3) is 0 Å². The van der Waals surface area contributed by atoms with Crippen LogP contribution in [0.2, 0.25) is 0 Å². The van der Waals surface area contributed by atoms with E-state index in [-0.39, 0.29) is 29.6 Å². The topological polar surface area (TPSA) is 78.9 Å². The molecule has 0 radical (unpaired) electrons. The average molecular weight is 241 g/mol. The van der Waals surface area contributed by atoms with Gasteiger partial charge < -0.3 is 15.8 Å². The molecule has 1 atom stereocenters. The number of nitrogens with zero attached hydrogens (tertiary/aromatic N) is 2. The molecular weight excluding hydrogens is 218 g/mol. The number of amidine groups is 1. The fourth-order valence-electron chi connectivity index (χ4n) is 2.58. The largest absolute Gasteiger partial charge is 0.409 e. The van der Waals surface area contributed by atoms with Crippen molar-refractivity contribution in [2.75, 3.05) is 13.1 Å². The number of carbonyl (C=O) groups is 1. The van der Waals surface area contributed by atoms with Crippen LogP contribution in [0.25, 0.3) is 0 Å². The lowest BCUT2D eigenvalue weighted by Gasteiger charge is -2.31. The van der Waals surface area contributed by atoms with Gasteiger partial charge in [-0.2, -0.15) is 0 Å². The lowest BCUT2D eigenvalue weighted by molar-refractivity contribution is -0.137. The summed E-state index contributed by atoms with van der Waals surface area (Å²) in [5.41, 5.74) is 5.52. The Morgan fingerprint density at radius 2 is 2.24 bits per heavy atom. The van der Waals surface area contributed by atoms with Crippen molar-refractivity contribution in [1.82, 2.24) is 4.90 Å². The molecule has 1 unspecified atom stereocenters. The maximum atomic E-state index is 12.4. The molecule has 0 aromatic heterocycles. The molecule has 98 valence electrons. The van der Waals surface area contributed by atoms with Crippen molar-refractivity contribution >= 4 is 11.7 Å². The van der Waals surface area contributed by atoms with Crippen molar-refractivity contribution in [3.05, 3.63) is 0 Å². The monoisotopic (exact) mass is 241 g/mol. The summed E-state index contributed by atoms with van der Waals surface area (Å²) < 4.78 is 0. The van der Waals surface area contributed by atoms with Crippen LogP contribution in [0.15, 0.2) is 5.16 Å². The number of nitrogens with two attached hydrogens (primary N) is 1. The van der Waals surface area contributed by atoms with Gasteiger partial charge in [0.15, 0.2) is 5.84 Å². The molecule has 5 heteroatoms. The van der Waals surface area contributed by atoms with E-state index in [0.29, 0.717) is 6.54 Å². The van der Waals surface area contributed by atoms with Gasteiger partial charge in [-0.05, 0) is 25.2 Å². The van der Waals surface area contributed by atoms with E-state index in [1.165, 1.54) is 0 Å². The number of likely N-dealkylation sites (N-methyl/N-ethyl adjacent to an activating group) is 1. The second kappa shape index (κ2) is 5.38. The summed E-state index contributed by atoms with van der Waals surface area (Å²) in [6, 6.07) is 0. The van der Waals surface area contributed by atoms with Gasteiger partial charge in [-0.15, -0.1) is 0 Å². The second-order valence-corrected chi connectivity index (χ2v) is 5.38. The third kappa shape index (κ3) is 3.11. The maximum Gasteiger partial charge on any atom is 0.226 e. The van der Waals surface area contributed by atoms with E-state index < -0.39 is 0 Å². The molecule has 3 N–H and O–H groups in total. The molecule has 5 nitrogen and oxygen atoms in total. The van der Waals surface area contributed by atoms with E-state index in [1.54, 1.807) is 4.90 Å². The molecule has 0 bridgehead atoms. The van der Waals surface area contributed by atoms with Crippen LogP contribution in [0.4, 0.5) is 0 Å². The van der Waals surface area contributed by atoms with Crippen LogP contribution in [0.1, 0.15) is 40.0 Å². The lowest BCUT2D eigenvalue weighted by Crippen LogP contribution is -2.44. The molecule has 0 aliphatic heterocycles. The summed E-state index contributed by atoms with van der Waals surface area (Å²) in [5.74, 6) is 0.270. The van der Waals surface area contributed by atoms with Crippen molar-refractivity contribution in [2.24, 2.45) is 22.2 Å². The van der Waals surface area contributed by atoms with E-state index in [2.05, 4.69) is 19.0 Å². The maximum absolute atomic E-state index is 12.4. The number of amides is 1. The zero-order valence-electron chi connectivity index (χ0n) is 10.9. The van der Waals surface area contributed by atoms with Crippen LogP contribution >= 0.6 is 0 Å². The quantitative estimate of drug-likeness (QED) is 0.338. The first-order chi connectivity index (χ1) is 7.92. The van der Waals surface area contributed by atoms with Crippen LogP contribution in [0.3, 0.4) is 0 Å². The van der Waals surface area contributed by atoms with Gasteiger partial charge in [0.05, 0.1) is 6.54 Å². The van der Waals surface area contributed by atoms with Crippen molar-refractivity contribution in [3.63, 3.8) is 0 Å². The molecule has 0 saturated heterocycles. The first-order valence-corrected chi connectivity index (χ1v) is 6.17. The first-order valence-electron chi connectivity index (χ1n) is 6.17. The highest BCUT2D eigenvalue weighted by molar-refractivity contribution is 5.88. The van der Waals surface area contributed by atoms with Gasteiger partial charge in [0.2, 0.25) is 5.91 Å². The third-order valence-electron chi connectivity index (χ3n) is 3.73. The third-order valence-corrected chi connectivity index (χ3v) is 3.73. The minimum atomic E-state index is 0.0638. The van der Waals surface area contributed by atoms with Gasteiger partial charge in [0.1, 0.15) is 0 Å². The number of carbonyl (C=O) groups excluding carboxylic acids is 1. The van der Waals surface area contributed by atoms with Crippen LogP contribution < -0.4 is 5.73 Å². The Hall–Kier alpha value is -1.26. The number of rotatable bonds is 4. The Bertz CT molecular complexity index is 313. The normalized spacial score (nSPS) is 23.7. The molecule has 1 aliphatic carbocycles. The highest BCUT2D eigenvalue weighted by atomic mass is 16.4. The number of oxime groups is 1. The summed E-state index contributed by atoms with van der Waals surface area (Å²) in [6.07, 6.45) is 3.13. The smallest absolute Gasteiger partial charge is 0.226 e. The molecule has 1 amide bonds. The molecule has 1 fully saturated rings. The molecule has 1 aliphatic rings. The van der Waals surface area contributed by atoms with Crippen molar-refractivity contribution in [2.45, 2.75) is 40.0 Å². The Morgan fingerprint density at radius 3 is 2.65 bits per heavy atom. The number of hydrogen-bond donors (Lipinski definition) is 2. The van der Waals surface area contributed by atoms with E-state index in [0.717, 1.165) is 19.3 Å². The predicted octanol–water partition coefficient (Wildman–Crippen LogP) is 1.41. The van der Waals surface area contributed by atoms with Crippen LogP contribution in [0, 0.1) is 11.3 Å². The molecule has 0 aromatic rings. The van der Waals surface area contributed by atoms with Gasteiger partial charge in [-0.25, -0.2) is 0 Å². The summed E-state index contributed by atoms with van der Waals surface area (Å²) in [6.45, 7) is 6.98. The van der Waals surface area contributed by atoms with Gasteiger partial charge in [0, 0.05) is 12.5 Å². The Labute approximate surface area is 103 Å². The summed E-state index contributed by atoms with van der Waals surface area (Å²) in [7, 11) is 0. The van der Waals surface area contributed by atoms with Crippen molar-refractivity contribution < 1.29 is 10.0 Å². The zero-order chi connectivity index (χ0) is 13.1. The Morgan fingerprint density at radius 1 is 1.59 bits per heavy atom. The zero-order valence-corrected chi connectivity index (χ0v) is 10.9. The van der Waals surface area contributed by atoms with Gasteiger partial charge >= 0.3 is 0 Å². The summed E-state index contributed by atoms with van der Waals surface area (Å²) >= 11 is 0. The Balaban J connectivity index is 2.73. The highest BCUT2D eigenvalue weighted by Gasteiger charge is 2.40. The van der Waals surface area contributed by atoms with Gasteiger partial charge in [-0.1, -0.05) is 25.4 Å². The number of hydrogen-bond acceptors (Lipinski definition) is 3. The molecule has 17 heavy (non-hydrogen) atoms. The van der Waals surface area contributed by atoms with Crippen LogP contribution in [-0.2, 0) is 4.79 Å². The van der Waals surface area contributed by atoms with Gasteiger partial charge in [-0.3, -0.25) is 4.79 Å². The van der Waals surface area contributed by atoms with Crippen molar-refractivity contribution in [3.8, 4) is 0 Å². The second-order valence-electron chi connectivity index (χ2n) is 5.38. The molecule has 0 heterocycles. The molecular formula is C12H23N3O2. The molecule has 0 spiro atoms. The summed E-state index contributed by atoms with van der Waals surface area (Å²) in [5, 5.41) is 11.5. The van der Waals surface area contributed by atoms with Crippen LogP contribution in [0.5, 0.6) is 0 Å². The SMILES string of the molecule is CCN(CC(N)=NO)C(=O)C1CCCC1(C)C. The van der Waals surface area contributed by atoms with Crippen molar-refractivity contribution in [1.29, 1.82) is 0 Å². The predicted molar refractivity (Wildman–Crippen MR) is 66.8 cm³/mol. The van der Waals surface area contributed by atoms with Crippen LogP contribution in [-0.4, -0.2) is 34.9 Å². The van der Waals surface area contributed by atoms with E-state index in [9.17, 15) is 4.79 Å².